The third kappa shape index (κ3) is 3.31. The van der Waals surface area contributed by atoms with Gasteiger partial charge in [0.1, 0.15) is 18.1 Å². The van der Waals surface area contributed by atoms with Crippen LogP contribution in [0.15, 0.2) is 54.6 Å². The van der Waals surface area contributed by atoms with E-state index in [2.05, 4.69) is 5.32 Å². The van der Waals surface area contributed by atoms with Crippen LogP contribution >= 0.6 is 0 Å². The zero-order valence-corrected chi connectivity index (χ0v) is 11.9. The van der Waals surface area contributed by atoms with Crippen LogP contribution in [0.5, 0.6) is 5.75 Å². The van der Waals surface area contributed by atoms with Crippen molar-refractivity contribution in [1.29, 1.82) is 0 Å². The number of rotatable bonds is 5. The minimum atomic E-state index is -0.0256. The molecule has 1 saturated heterocycles. The molecule has 2 aromatic rings. The Morgan fingerprint density at radius 3 is 2.71 bits per heavy atom. The maximum absolute atomic E-state index is 11.0. The Bertz CT molecular complexity index is 591. The molecule has 0 spiro atoms. The Hall–Kier alpha value is -2.13. The van der Waals surface area contributed by atoms with Gasteiger partial charge in [-0.3, -0.25) is 4.79 Å². The first-order valence-electron chi connectivity index (χ1n) is 7.34. The molecule has 3 heteroatoms. The van der Waals surface area contributed by atoms with Crippen LogP contribution < -0.4 is 10.1 Å². The molecular formula is C18H19NO2. The first-order valence-corrected chi connectivity index (χ1v) is 7.34. The molecule has 3 nitrogen and oxygen atoms in total. The molecule has 2 atom stereocenters. The van der Waals surface area contributed by atoms with Crippen LogP contribution in [-0.2, 0) is 0 Å². The fourth-order valence-electron chi connectivity index (χ4n) is 2.83. The van der Waals surface area contributed by atoms with E-state index in [9.17, 15) is 4.79 Å². The average molecular weight is 281 g/mol. The van der Waals surface area contributed by atoms with E-state index in [0.717, 1.165) is 37.1 Å². The molecule has 2 aromatic carbocycles. The Morgan fingerprint density at radius 2 is 2.00 bits per heavy atom. The topological polar surface area (TPSA) is 38.3 Å². The molecule has 1 aliphatic rings. The van der Waals surface area contributed by atoms with Gasteiger partial charge in [0, 0.05) is 18.0 Å². The molecule has 1 heterocycles. The van der Waals surface area contributed by atoms with E-state index in [1.165, 1.54) is 0 Å². The summed E-state index contributed by atoms with van der Waals surface area (Å²) in [5, 5.41) is 3.39. The van der Waals surface area contributed by atoms with Crippen molar-refractivity contribution in [2.75, 3.05) is 13.1 Å². The molecule has 0 radical (unpaired) electrons. The molecule has 0 saturated carbocycles. The first kappa shape index (κ1) is 13.8. The lowest BCUT2D eigenvalue weighted by atomic mass is 9.93. The Balaban J connectivity index is 1.89. The fraction of sp³-hybridized carbons (Fsp3) is 0.278. The summed E-state index contributed by atoms with van der Waals surface area (Å²) >= 11 is 0. The minimum Gasteiger partial charge on any atom is -0.485 e. The van der Waals surface area contributed by atoms with Gasteiger partial charge in [0.05, 0.1) is 0 Å². The number of carbonyl (C=O) groups is 1. The minimum absolute atomic E-state index is 0.0256. The standard InChI is InChI=1S/C18H19NO2/c20-13-14-5-4-6-15(11-14)18(16-9-10-19-12-16)21-17-7-2-1-3-8-17/h1-8,11,13,16,18-19H,9-10,12H2/t16-,18+/m0/s1. The van der Waals surface area contributed by atoms with Gasteiger partial charge in [0.25, 0.3) is 0 Å². The highest BCUT2D eigenvalue weighted by molar-refractivity contribution is 5.75. The van der Waals surface area contributed by atoms with Gasteiger partial charge in [-0.25, -0.2) is 0 Å². The third-order valence-corrected chi connectivity index (χ3v) is 3.91. The van der Waals surface area contributed by atoms with Crippen LogP contribution in [0.1, 0.15) is 28.4 Å². The molecule has 0 bridgehead atoms. The van der Waals surface area contributed by atoms with Gasteiger partial charge in [0.15, 0.2) is 0 Å². The van der Waals surface area contributed by atoms with Crippen molar-refractivity contribution in [3.63, 3.8) is 0 Å². The summed E-state index contributed by atoms with van der Waals surface area (Å²) in [6.45, 7) is 1.97. The predicted octanol–water partition coefficient (Wildman–Crippen LogP) is 3.23. The zero-order chi connectivity index (χ0) is 14.5. The van der Waals surface area contributed by atoms with Crippen LogP contribution in [0.4, 0.5) is 0 Å². The van der Waals surface area contributed by atoms with Crippen molar-refractivity contribution < 1.29 is 9.53 Å². The fourth-order valence-corrected chi connectivity index (χ4v) is 2.83. The molecule has 0 unspecified atom stereocenters. The summed E-state index contributed by atoms with van der Waals surface area (Å²) in [5.74, 6) is 1.29. The highest BCUT2D eigenvalue weighted by atomic mass is 16.5. The van der Waals surface area contributed by atoms with E-state index in [1.807, 2.05) is 54.6 Å². The van der Waals surface area contributed by atoms with Crippen molar-refractivity contribution in [3.05, 3.63) is 65.7 Å². The quantitative estimate of drug-likeness (QED) is 0.855. The molecule has 1 fully saturated rings. The monoisotopic (exact) mass is 281 g/mol. The maximum Gasteiger partial charge on any atom is 0.150 e. The molecular weight excluding hydrogens is 262 g/mol. The summed E-state index contributed by atoms with van der Waals surface area (Å²) in [6, 6.07) is 17.6. The molecule has 1 aliphatic heterocycles. The summed E-state index contributed by atoms with van der Waals surface area (Å²) in [7, 11) is 0. The van der Waals surface area contributed by atoms with Crippen LogP contribution in [0.2, 0.25) is 0 Å². The van der Waals surface area contributed by atoms with Crippen LogP contribution in [-0.4, -0.2) is 19.4 Å². The van der Waals surface area contributed by atoms with Crippen LogP contribution in [0, 0.1) is 5.92 Å². The van der Waals surface area contributed by atoms with Gasteiger partial charge in [-0.2, -0.15) is 0 Å². The number of hydrogen-bond acceptors (Lipinski definition) is 3. The lowest BCUT2D eigenvalue weighted by molar-refractivity contribution is 0.112. The SMILES string of the molecule is O=Cc1cccc([C@@H](Oc2ccccc2)[C@H]2CCNC2)c1. The van der Waals surface area contributed by atoms with Crippen molar-refractivity contribution in [3.8, 4) is 5.75 Å². The van der Waals surface area contributed by atoms with Gasteiger partial charge < -0.3 is 10.1 Å². The number of hydrogen-bond donors (Lipinski definition) is 1. The van der Waals surface area contributed by atoms with Gasteiger partial charge in [-0.05, 0) is 36.7 Å². The Morgan fingerprint density at radius 1 is 1.14 bits per heavy atom. The average Bonchev–Trinajstić information content (AvgIpc) is 3.08. The number of ether oxygens (including phenoxy) is 1. The van der Waals surface area contributed by atoms with E-state index in [4.69, 9.17) is 4.74 Å². The Labute approximate surface area is 124 Å². The van der Waals surface area contributed by atoms with Gasteiger partial charge >= 0.3 is 0 Å². The second-order valence-electron chi connectivity index (χ2n) is 5.39. The van der Waals surface area contributed by atoms with Crippen LogP contribution in [0.25, 0.3) is 0 Å². The number of nitrogens with one attached hydrogen (secondary N) is 1. The van der Waals surface area contributed by atoms with Crippen molar-refractivity contribution in [2.45, 2.75) is 12.5 Å². The summed E-state index contributed by atoms with van der Waals surface area (Å²) < 4.78 is 6.23. The lowest BCUT2D eigenvalue weighted by Crippen LogP contribution is -2.21. The summed E-state index contributed by atoms with van der Waals surface area (Å²) in [5.41, 5.74) is 1.76. The Kier molecular flexibility index (Phi) is 4.31. The highest BCUT2D eigenvalue weighted by Crippen LogP contribution is 2.32. The van der Waals surface area contributed by atoms with Gasteiger partial charge in [0.2, 0.25) is 0 Å². The second kappa shape index (κ2) is 6.55. The smallest absolute Gasteiger partial charge is 0.150 e. The third-order valence-electron chi connectivity index (χ3n) is 3.91. The second-order valence-corrected chi connectivity index (χ2v) is 5.39. The number of carbonyl (C=O) groups excluding carboxylic acids is 1. The van der Waals surface area contributed by atoms with Gasteiger partial charge in [-0.15, -0.1) is 0 Å². The van der Waals surface area contributed by atoms with E-state index in [-0.39, 0.29) is 6.10 Å². The van der Waals surface area contributed by atoms with E-state index >= 15 is 0 Å². The molecule has 108 valence electrons. The molecule has 0 amide bonds. The predicted molar refractivity (Wildman–Crippen MR) is 82.6 cm³/mol. The summed E-state index contributed by atoms with van der Waals surface area (Å²) in [4.78, 5) is 11.0. The molecule has 0 aromatic heterocycles. The number of para-hydroxylation sites is 1. The molecule has 3 rings (SSSR count). The van der Waals surface area contributed by atoms with Gasteiger partial charge in [-0.1, -0.05) is 36.4 Å². The van der Waals surface area contributed by atoms with E-state index in [1.54, 1.807) is 0 Å². The summed E-state index contributed by atoms with van der Waals surface area (Å²) in [6.07, 6.45) is 1.95. The van der Waals surface area contributed by atoms with Crippen LogP contribution in [0.3, 0.4) is 0 Å². The lowest BCUT2D eigenvalue weighted by Gasteiger charge is -2.25. The van der Waals surface area contributed by atoms with Crippen molar-refractivity contribution >= 4 is 6.29 Å². The van der Waals surface area contributed by atoms with Crippen molar-refractivity contribution in [1.82, 2.24) is 5.32 Å². The van der Waals surface area contributed by atoms with E-state index < -0.39 is 0 Å². The maximum atomic E-state index is 11.0. The van der Waals surface area contributed by atoms with E-state index in [0.29, 0.717) is 11.5 Å². The largest absolute Gasteiger partial charge is 0.485 e. The number of aldehydes is 1. The van der Waals surface area contributed by atoms with Crippen molar-refractivity contribution in [2.24, 2.45) is 5.92 Å². The zero-order valence-electron chi connectivity index (χ0n) is 11.9. The normalized spacial score (nSPS) is 19.1. The molecule has 21 heavy (non-hydrogen) atoms. The highest BCUT2D eigenvalue weighted by Gasteiger charge is 2.28. The molecule has 0 aliphatic carbocycles. The first-order chi connectivity index (χ1) is 10.4. The molecule has 1 N–H and O–H groups in total. The number of benzene rings is 2.